The normalized spacial score (nSPS) is 10.3. The maximum Gasteiger partial charge on any atom is 0.286 e. The van der Waals surface area contributed by atoms with Crippen molar-refractivity contribution in [1.29, 1.82) is 0 Å². The van der Waals surface area contributed by atoms with Crippen LogP contribution in [0.5, 0.6) is 0 Å². The molecule has 2 amide bonds. The van der Waals surface area contributed by atoms with Crippen molar-refractivity contribution < 1.29 is 9.59 Å². The highest BCUT2D eigenvalue weighted by Crippen LogP contribution is 2.26. The Morgan fingerprint density at radius 2 is 1.87 bits per heavy atom. The Morgan fingerprint density at radius 3 is 2.57 bits per heavy atom. The zero-order chi connectivity index (χ0) is 16.2. The van der Waals surface area contributed by atoms with Crippen molar-refractivity contribution in [3.05, 3.63) is 65.4 Å². The lowest BCUT2D eigenvalue weighted by molar-refractivity contribution is 0.0844. The molecule has 0 saturated heterocycles. The molecule has 3 rings (SSSR count). The van der Waals surface area contributed by atoms with Gasteiger partial charge in [-0.2, -0.15) is 0 Å². The van der Waals surface area contributed by atoms with Gasteiger partial charge in [0.05, 0.1) is 15.4 Å². The smallest absolute Gasteiger partial charge is 0.286 e. The van der Waals surface area contributed by atoms with E-state index in [-0.39, 0.29) is 11.8 Å². The van der Waals surface area contributed by atoms with Gasteiger partial charge in [0.1, 0.15) is 5.69 Å². The van der Waals surface area contributed by atoms with Crippen LogP contribution in [0.25, 0.3) is 10.6 Å². The van der Waals surface area contributed by atoms with Crippen molar-refractivity contribution in [3.63, 3.8) is 0 Å². The average Bonchev–Trinajstić information content (AvgIpc) is 3.22. The average molecular weight is 326 g/mol. The Labute approximate surface area is 136 Å². The first-order valence-electron chi connectivity index (χ1n) is 6.88. The molecule has 0 aliphatic heterocycles. The standard InChI is InChI=1S/C16H14N4O2S/c1-20-10-4-6-12(20)15(21)18-19-16(22)14-8-7-13(23-14)11-5-2-3-9-17-11/h2-10H,1H3,(H,18,21)(H,19,22). The van der Waals surface area contributed by atoms with Gasteiger partial charge in [0.25, 0.3) is 11.8 Å². The molecule has 23 heavy (non-hydrogen) atoms. The number of aromatic nitrogens is 2. The van der Waals surface area contributed by atoms with Crippen LogP contribution in [0.3, 0.4) is 0 Å². The first-order chi connectivity index (χ1) is 11.1. The van der Waals surface area contributed by atoms with Gasteiger partial charge in [-0.05, 0) is 36.4 Å². The Hall–Kier alpha value is -2.93. The number of amides is 2. The highest BCUT2D eigenvalue weighted by Gasteiger charge is 2.13. The summed E-state index contributed by atoms with van der Waals surface area (Å²) in [5, 5.41) is 0. The number of carbonyl (C=O) groups excluding carboxylic acids is 2. The van der Waals surface area contributed by atoms with E-state index in [0.29, 0.717) is 10.6 Å². The lowest BCUT2D eigenvalue weighted by Gasteiger charge is -2.06. The monoisotopic (exact) mass is 326 g/mol. The first kappa shape index (κ1) is 15.0. The number of carbonyl (C=O) groups is 2. The van der Waals surface area contributed by atoms with Crippen molar-refractivity contribution in [2.45, 2.75) is 0 Å². The van der Waals surface area contributed by atoms with Gasteiger partial charge in [0, 0.05) is 19.4 Å². The van der Waals surface area contributed by atoms with Gasteiger partial charge in [-0.3, -0.25) is 25.4 Å². The van der Waals surface area contributed by atoms with Gasteiger partial charge in [-0.15, -0.1) is 11.3 Å². The summed E-state index contributed by atoms with van der Waals surface area (Å²) in [6.45, 7) is 0. The fourth-order valence-corrected chi connectivity index (χ4v) is 2.92. The third kappa shape index (κ3) is 3.29. The van der Waals surface area contributed by atoms with Crippen LogP contribution in [0.2, 0.25) is 0 Å². The zero-order valence-corrected chi connectivity index (χ0v) is 13.1. The van der Waals surface area contributed by atoms with E-state index in [4.69, 9.17) is 0 Å². The summed E-state index contributed by atoms with van der Waals surface area (Å²) in [6, 6.07) is 12.6. The van der Waals surface area contributed by atoms with E-state index in [1.54, 1.807) is 42.2 Å². The van der Waals surface area contributed by atoms with Crippen molar-refractivity contribution >= 4 is 23.2 Å². The van der Waals surface area contributed by atoms with E-state index in [1.165, 1.54) is 11.3 Å². The number of nitrogens with zero attached hydrogens (tertiary/aromatic N) is 2. The Kier molecular flexibility index (Phi) is 4.20. The summed E-state index contributed by atoms with van der Waals surface area (Å²) in [7, 11) is 1.76. The molecule has 3 heterocycles. The number of nitrogens with one attached hydrogen (secondary N) is 2. The predicted octanol–water partition coefficient (Wildman–Crippen LogP) is 2.22. The number of pyridine rings is 1. The van der Waals surface area contributed by atoms with Gasteiger partial charge in [-0.1, -0.05) is 6.07 Å². The van der Waals surface area contributed by atoms with Gasteiger partial charge in [0.2, 0.25) is 0 Å². The second kappa shape index (κ2) is 6.45. The summed E-state index contributed by atoms with van der Waals surface area (Å²) < 4.78 is 1.67. The van der Waals surface area contributed by atoms with E-state index in [0.717, 1.165) is 10.6 Å². The van der Waals surface area contributed by atoms with E-state index in [9.17, 15) is 9.59 Å². The van der Waals surface area contributed by atoms with Crippen molar-refractivity contribution in [3.8, 4) is 10.6 Å². The number of hydrogen-bond acceptors (Lipinski definition) is 4. The molecule has 0 unspecified atom stereocenters. The second-order valence-corrected chi connectivity index (χ2v) is 5.88. The molecule has 6 nitrogen and oxygen atoms in total. The molecule has 0 saturated carbocycles. The highest BCUT2D eigenvalue weighted by atomic mass is 32.1. The SMILES string of the molecule is Cn1cccc1C(=O)NNC(=O)c1ccc(-c2ccccn2)s1. The fraction of sp³-hybridized carbons (Fsp3) is 0.0625. The molecule has 0 aliphatic carbocycles. The van der Waals surface area contributed by atoms with Crippen LogP contribution in [0, 0.1) is 0 Å². The summed E-state index contributed by atoms with van der Waals surface area (Å²) >= 11 is 1.32. The molecule has 3 aromatic rings. The van der Waals surface area contributed by atoms with E-state index in [2.05, 4.69) is 15.8 Å². The lowest BCUT2D eigenvalue weighted by Crippen LogP contribution is -2.41. The third-order valence-electron chi connectivity index (χ3n) is 3.21. The number of hydrazine groups is 1. The van der Waals surface area contributed by atoms with Crippen LogP contribution in [0.1, 0.15) is 20.2 Å². The number of hydrogen-bond donors (Lipinski definition) is 2. The maximum absolute atomic E-state index is 12.1. The summed E-state index contributed by atoms with van der Waals surface area (Å²) in [5.41, 5.74) is 6.10. The fourth-order valence-electron chi connectivity index (χ4n) is 2.04. The van der Waals surface area contributed by atoms with Gasteiger partial charge < -0.3 is 4.57 Å². The van der Waals surface area contributed by atoms with Crippen LogP contribution >= 0.6 is 11.3 Å². The van der Waals surface area contributed by atoms with E-state index in [1.807, 2.05) is 24.3 Å². The molecule has 2 N–H and O–H groups in total. The Balaban J connectivity index is 1.64. The predicted molar refractivity (Wildman–Crippen MR) is 87.9 cm³/mol. The topological polar surface area (TPSA) is 76.0 Å². The molecule has 0 atom stereocenters. The van der Waals surface area contributed by atoms with Crippen LogP contribution in [-0.4, -0.2) is 21.4 Å². The number of thiophene rings is 1. The largest absolute Gasteiger partial charge is 0.347 e. The Morgan fingerprint density at radius 1 is 1.04 bits per heavy atom. The minimum Gasteiger partial charge on any atom is -0.347 e. The van der Waals surface area contributed by atoms with Crippen LogP contribution < -0.4 is 10.9 Å². The molecule has 0 bridgehead atoms. The summed E-state index contributed by atoms with van der Waals surface area (Å²) in [6.07, 6.45) is 3.46. The lowest BCUT2D eigenvalue weighted by atomic mass is 10.3. The van der Waals surface area contributed by atoms with E-state index < -0.39 is 0 Å². The highest BCUT2D eigenvalue weighted by molar-refractivity contribution is 7.17. The van der Waals surface area contributed by atoms with Crippen molar-refractivity contribution in [2.75, 3.05) is 0 Å². The molecule has 0 radical (unpaired) electrons. The summed E-state index contributed by atoms with van der Waals surface area (Å²) in [4.78, 5) is 29.7. The molecule has 0 fully saturated rings. The van der Waals surface area contributed by atoms with E-state index >= 15 is 0 Å². The van der Waals surface area contributed by atoms with Crippen LogP contribution in [0.4, 0.5) is 0 Å². The number of aryl methyl sites for hydroxylation is 1. The van der Waals surface area contributed by atoms with Gasteiger partial charge in [-0.25, -0.2) is 0 Å². The van der Waals surface area contributed by atoms with Crippen molar-refractivity contribution in [2.24, 2.45) is 7.05 Å². The number of rotatable bonds is 3. The van der Waals surface area contributed by atoms with Crippen molar-refractivity contribution in [1.82, 2.24) is 20.4 Å². The molecule has 7 heteroatoms. The molecule has 116 valence electrons. The zero-order valence-electron chi connectivity index (χ0n) is 12.3. The molecule has 3 aromatic heterocycles. The minimum absolute atomic E-state index is 0.361. The maximum atomic E-state index is 12.1. The second-order valence-electron chi connectivity index (χ2n) is 4.79. The van der Waals surface area contributed by atoms with Gasteiger partial charge in [0.15, 0.2) is 0 Å². The first-order valence-corrected chi connectivity index (χ1v) is 7.70. The molecule has 0 aliphatic rings. The van der Waals surface area contributed by atoms with Crippen LogP contribution in [0.15, 0.2) is 54.9 Å². The van der Waals surface area contributed by atoms with Gasteiger partial charge >= 0.3 is 0 Å². The Bertz CT molecular complexity index is 839. The summed E-state index contributed by atoms with van der Waals surface area (Å²) in [5.74, 6) is -0.730. The van der Waals surface area contributed by atoms with Crippen LogP contribution in [-0.2, 0) is 7.05 Å². The molecule has 0 aromatic carbocycles. The quantitative estimate of drug-likeness (QED) is 0.725. The molecular weight excluding hydrogens is 312 g/mol. The third-order valence-corrected chi connectivity index (χ3v) is 4.32. The minimum atomic E-state index is -0.368. The molecule has 0 spiro atoms. The molecular formula is C16H14N4O2S.